The van der Waals surface area contributed by atoms with E-state index in [1.165, 1.54) is 0 Å². The summed E-state index contributed by atoms with van der Waals surface area (Å²) in [4.78, 5) is 26.9. The second-order valence-electron chi connectivity index (χ2n) is 5.67. The Morgan fingerprint density at radius 3 is 2.73 bits per heavy atom. The maximum atomic E-state index is 11.6. The zero-order valence-corrected chi connectivity index (χ0v) is 13.3. The first-order valence-corrected chi connectivity index (χ1v) is 7.17. The lowest BCUT2D eigenvalue weighted by atomic mass is 10.2. The summed E-state index contributed by atoms with van der Waals surface area (Å²) < 4.78 is 5.07. The number of pyridine rings is 1. The zero-order valence-electron chi connectivity index (χ0n) is 13.3. The van der Waals surface area contributed by atoms with E-state index in [4.69, 9.17) is 4.74 Å². The van der Waals surface area contributed by atoms with Crippen molar-refractivity contribution in [3.8, 4) is 0 Å². The summed E-state index contributed by atoms with van der Waals surface area (Å²) in [7, 11) is 0. The van der Waals surface area contributed by atoms with Crippen LogP contribution in [-0.4, -0.2) is 35.7 Å². The third-order valence-electron chi connectivity index (χ3n) is 2.43. The summed E-state index contributed by atoms with van der Waals surface area (Å²) in [6, 6.07) is 3.77. The van der Waals surface area contributed by atoms with Crippen molar-refractivity contribution >= 4 is 18.1 Å². The fourth-order valence-electron chi connectivity index (χ4n) is 1.52. The van der Waals surface area contributed by atoms with Gasteiger partial charge in [0.2, 0.25) is 5.91 Å². The molecule has 120 valence electrons. The average Bonchev–Trinajstić information content (AvgIpc) is 2.43. The van der Waals surface area contributed by atoms with Gasteiger partial charge < -0.3 is 15.4 Å². The Kier molecular flexibility index (Phi) is 7.08. The molecule has 0 unspecified atom stereocenters. The summed E-state index contributed by atoms with van der Waals surface area (Å²) in [5.41, 5.74) is 0.437. The van der Waals surface area contributed by atoms with Crippen molar-refractivity contribution in [2.24, 2.45) is 0 Å². The summed E-state index contributed by atoms with van der Waals surface area (Å²) in [5, 5.41) is 5.27. The normalized spacial score (nSPS) is 11.2. The largest absolute Gasteiger partial charge is 0.444 e. The molecule has 22 heavy (non-hydrogen) atoms. The standard InChI is InChI=1S/C16H23N3O3/c1-16(2,3)22-15(21)19-11-8-14(20)18-10-5-7-13-6-4-9-17-12-13/h4-7,9,12H,8,10-11H2,1-3H3,(H,18,20)(H,19,21)/b7-5+. The van der Waals surface area contributed by atoms with Crippen molar-refractivity contribution in [3.05, 3.63) is 36.2 Å². The highest BCUT2D eigenvalue weighted by Crippen LogP contribution is 2.06. The summed E-state index contributed by atoms with van der Waals surface area (Å²) >= 11 is 0. The third-order valence-corrected chi connectivity index (χ3v) is 2.43. The molecule has 6 heteroatoms. The first-order valence-electron chi connectivity index (χ1n) is 7.17. The van der Waals surface area contributed by atoms with Crippen LogP contribution in [0, 0.1) is 0 Å². The van der Waals surface area contributed by atoms with Crippen LogP contribution in [0.15, 0.2) is 30.6 Å². The van der Waals surface area contributed by atoms with E-state index >= 15 is 0 Å². The molecule has 0 aromatic carbocycles. The highest BCUT2D eigenvalue weighted by molar-refractivity contribution is 5.77. The Hall–Kier alpha value is -2.37. The van der Waals surface area contributed by atoms with Gasteiger partial charge in [0.1, 0.15) is 5.60 Å². The van der Waals surface area contributed by atoms with E-state index in [9.17, 15) is 9.59 Å². The van der Waals surface area contributed by atoms with Gasteiger partial charge in [-0.2, -0.15) is 0 Å². The number of alkyl carbamates (subject to hydrolysis) is 1. The van der Waals surface area contributed by atoms with Gasteiger partial charge in [0.15, 0.2) is 0 Å². The Balaban J connectivity index is 2.14. The van der Waals surface area contributed by atoms with Gasteiger partial charge >= 0.3 is 6.09 Å². The van der Waals surface area contributed by atoms with Crippen LogP contribution in [0.4, 0.5) is 4.79 Å². The zero-order chi connectivity index (χ0) is 16.4. The number of hydrogen-bond donors (Lipinski definition) is 2. The molecular formula is C16H23N3O3. The van der Waals surface area contributed by atoms with E-state index in [1.807, 2.05) is 24.3 Å². The van der Waals surface area contributed by atoms with Gasteiger partial charge in [-0.15, -0.1) is 0 Å². The number of aromatic nitrogens is 1. The number of nitrogens with zero attached hydrogens (tertiary/aromatic N) is 1. The lowest BCUT2D eigenvalue weighted by molar-refractivity contribution is -0.120. The fourth-order valence-corrected chi connectivity index (χ4v) is 1.52. The van der Waals surface area contributed by atoms with E-state index in [0.717, 1.165) is 5.56 Å². The lowest BCUT2D eigenvalue weighted by Crippen LogP contribution is -2.35. The summed E-state index contributed by atoms with van der Waals surface area (Å²) in [6.07, 6.45) is 6.86. The molecule has 2 amide bonds. The van der Waals surface area contributed by atoms with Gasteiger partial charge in [0.05, 0.1) is 0 Å². The van der Waals surface area contributed by atoms with E-state index < -0.39 is 11.7 Å². The molecule has 0 atom stereocenters. The molecule has 0 spiro atoms. The fraction of sp³-hybridized carbons (Fsp3) is 0.438. The molecular weight excluding hydrogens is 282 g/mol. The molecule has 0 saturated heterocycles. The van der Waals surface area contributed by atoms with Crippen molar-refractivity contribution in [2.45, 2.75) is 32.8 Å². The Bertz CT molecular complexity index is 507. The lowest BCUT2D eigenvalue weighted by Gasteiger charge is -2.19. The number of rotatable bonds is 6. The number of hydrogen-bond acceptors (Lipinski definition) is 4. The molecule has 0 fully saturated rings. The Morgan fingerprint density at radius 1 is 1.32 bits per heavy atom. The van der Waals surface area contributed by atoms with Crippen LogP contribution in [0.5, 0.6) is 0 Å². The van der Waals surface area contributed by atoms with Crippen LogP contribution in [0.1, 0.15) is 32.8 Å². The van der Waals surface area contributed by atoms with E-state index in [2.05, 4.69) is 15.6 Å². The Morgan fingerprint density at radius 2 is 2.09 bits per heavy atom. The number of nitrogens with one attached hydrogen (secondary N) is 2. The van der Waals surface area contributed by atoms with E-state index in [-0.39, 0.29) is 18.9 Å². The molecule has 0 aliphatic rings. The monoisotopic (exact) mass is 305 g/mol. The molecule has 0 saturated carbocycles. The first kappa shape index (κ1) is 17.7. The van der Waals surface area contributed by atoms with E-state index in [0.29, 0.717) is 6.54 Å². The molecule has 0 radical (unpaired) electrons. The number of ether oxygens (including phenoxy) is 1. The van der Waals surface area contributed by atoms with Gasteiger partial charge in [0.25, 0.3) is 0 Å². The van der Waals surface area contributed by atoms with Gasteiger partial charge in [-0.25, -0.2) is 4.79 Å². The molecule has 1 aromatic heterocycles. The SMILES string of the molecule is CC(C)(C)OC(=O)NCCC(=O)NC/C=C/c1cccnc1. The van der Waals surface area contributed by atoms with Crippen LogP contribution >= 0.6 is 0 Å². The molecule has 0 aliphatic carbocycles. The van der Waals surface area contributed by atoms with Gasteiger partial charge in [-0.3, -0.25) is 9.78 Å². The minimum Gasteiger partial charge on any atom is -0.444 e. The number of carbonyl (C=O) groups excluding carboxylic acids is 2. The highest BCUT2D eigenvalue weighted by atomic mass is 16.6. The first-order chi connectivity index (χ1) is 10.4. The van der Waals surface area contributed by atoms with Crippen molar-refractivity contribution in [2.75, 3.05) is 13.1 Å². The Labute approximate surface area is 131 Å². The maximum Gasteiger partial charge on any atom is 0.407 e. The summed E-state index contributed by atoms with van der Waals surface area (Å²) in [5.74, 6) is -0.133. The smallest absolute Gasteiger partial charge is 0.407 e. The van der Waals surface area contributed by atoms with Gasteiger partial charge in [-0.05, 0) is 32.4 Å². The highest BCUT2D eigenvalue weighted by Gasteiger charge is 2.15. The van der Waals surface area contributed by atoms with Crippen molar-refractivity contribution in [1.82, 2.24) is 15.6 Å². The molecule has 2 N–H and O–H groups in total. The minimum absolute atomic E-state index is 0.133. The second-order valence-corrected chi connectivity index (χ2v) is 5.67. The summed E-state index contributed by atoms with van der Waals surface area (Å²) in [6.45, 7) is 6.03. The number of carbonyl (C=O) groups is 2. The second kappa shape index (κ2) is 8.81. The molecule has 1 aromatic rings. The number of amides is 2. The van der Waals surface area contributed by atoms with Crippen molar-refractivity contribution < 1.29 is 14.3 Å². The van der Waals surface area contributed by atoms with Gasteiger partial charge in [0, 0.05) is 31.9 Å². The van der Waals surface area contributed by atoms with Crippen LogP contribution in [0.3, 0.4) is 0 Å². The average molecular weight is 305 g/mol. The van der Waals surface area contributed by atoms with E-state index in [1.54, 1.807) is 33.2 Å². The van der Waals surface area contributed by atoms with Crippen LogP contribution in [-0.2, 0) is 9.53 Å². The predicted octanol–water partition coefficient (Wildman–Crippen LogP) is 2.13. The van der Waals surface area contributed by atoms with Crippen LogP contribution in [0.25, 0.3) is 6.08 Å². The third kappa shape index (κ3) is 8.73. The molecule has 0 bridgehead atoms. The van der Waals surface area contributed by atoms with Crippen molar-refractivity contribution in [3.63, 3.8) is 0 Å². The quantitative estimate of drug-likeness (QED) is 0.843. The van der Waals surface area contributed by atoms with Crippen LogP contribution in [0.2, 0.25) is 0 Å². The maximum absolute atomic E-state index is 11.6. The molecule has 6 nitrogen and oxygen atoms in total. The topological polar surface area (TPSA) is 80.3 Å². The van der Waals surface area contributed by atoms with Crippen LogP contribution < -0.4 is 10.6 Å². The molecule has 0 aliphatic heterocycles. The van der Waals surface area contributed by atoms with Crippen molar-refractivity contribution in [1.29, 1.82) is 0 Å². The minimum atomic E-state index is -0.538. The van der Waals surface area contributed by atoms with Gasteiger partial charge in [-0.1, -0.05) is 18.2 Å². The molecule has 1 rings (SSSR count). The molecule has 1 heterocycles. The predicted molar refractivity (Wildman–Crippen MR) is 85.1 cm³/mol.